The fourth-order valence-corrected chi connectivity index (χ4v) is 5.03. The Morgan fingerprint density at radius 3 is 2.67 bits per heavy atom. The van der Waals surface area contributed by atoms with E-state index in [1.54, 1.807) is 24.5 Å². The Hall–Kier alpha value is -3.79. The van der Waals surface area contributed by atoms with Gasteiger partial charge in [-0.3, -0.25) is 0 Å². The number of rotatable bonds is 11. The molecule has 2 heterocycles. The van der Waals surface area contributed by atoms with Crippen molar-refractivity contribution >= 4 is 32.3 Å². The van der Waals surface area contributed by atoms with E-state index in [4.69, 9.17) is 20.8 Å². The van der Waals surface area contributed by atoms with Crippen LogP contribution >= 0.6 is 11.6 Å². The highest BCUT2D eigenvalue weighted by Gasteiger charge is 2.12. The summed E-state index contributed by atoms with van der Waals surface area (Å²) in [5.41, 5.74) is 4.20. The standard InChI is InChI=1S/C30H27ClFN3O4S/c1-40(36,37)12-11-33-17-24-7-10-29(39-24)22-6-8-27-25(16-22)28(35-19-34-27)15-20-5-9-30(26(31)14-20)38-18-21-3-2-4-23(32)13-21/h2-10,13-14,16,19,33H,11-12,15,17-18H2,1H3. The maximum absolute atomic E-state index is 13.4. The summed E-state index contributed by atoms with van der Waals surface area (Å²) in [7, 11) is -3.01. The first-order chi connectivity index (χ1) is 19.2. The minimum absolute atomic E-state index is 0.0733. The number of furan rings is 1. The zero-order valence-electron chi connectivity index (χ0n) is 21.7. The lowest BCUT2D eigenvalue weighted by Gasteiger charge is -2.11. The van der Waals surface area contributed by atoms with Crippen LogP contribution in [0.2, 0.25) is 5.02 Å². The van der Waals surface area contributed by atoms with E-state index in [0.29, 0.717) is 41.8 Å². The molecule has 1 N–H and O–H groups in total. The Morgan fingerprint density at radius 1 is 1.00 bits per heavy atom. The Bertz CT molecular complexity index is 1760. The molecule has 2 aromatic heterocycles. The summed E-state index contributed by atoms with van der Waals surface area (Å²) >= 11 is 6.51. The van der Waals surface area contributed by atoms with Crippen LogP contribution in [0.1, 0.15) is 22.6 Å². The van der Waals surface area contributed by atoms with E-state index in [1.165, 1.54) is 18.4 Å². The van der Waals surface area contributed by atoms with Crippen LogP contribution in [0, 0.1) is 5.82 Å². The van der Waals surface area contributed by atoms with Crippen LogP contribution in [-0.4, -0.2) is 36.9 Å². The number of ether oxygens (including phenoxy) is 1. The first-order valence-electron chi connectivity index (χ1n) is 12.6. The SMILES string of the molecule is CS(=O)(=O)CCNCc1ccc(-c2ccc3ncnc(Cc4ccc(OCc5cccc(F)c5)c(Cl)c4)c3c2)o1. The molecule has 0 radical (unpaired) electrons. The average molecular weight is 580 g/mol. The molecule has 5 rings (SSSR count). The lowest BCUT2D eigenvalue weighted by Crippen LogP contribution is -2.21. The number of nitrogens with zero attached hydrogens (tertiary/aromatic N) is 2. The molecule has 0 spiro atoms. The van der Waals surface area contributed by atoms with Gasteiger partial charge in [0.05, 0.1) is 28.5 Å². The third-order valence-corrected chi connectivity index (χ3v) is 7.51. The summed E-state index contributed by atoms with van der Waals surface area (Å²) in [5, 5.41) is 4.44. The van der Waals surface area contributed by atoms with Crippen LogP contribution in [0.5, 0.6) is 5.75 Å². The third-order valence-electron chi connectivity index (χ3n) is 6.26. The molecule has 206 valence electrons. The highest BCUT2D eigenvalue weighted by atomic mass is 35.5. The van der Waals surface area contributed by atoms with Crippen molar-refractivity contribution in [2.45, 2.75) is 19.6 Å². The molecule has 10 heteroatoms. The molecule has 0 amide bonds. The van der Waals surface area contributed by atoms with Crippen molar-refractivity contribution in [2.75, 3.05) is 18.6 Å². The second-order valence-corrected chi connectivity index (χ2v) is 12.2. The van der Waals surface area contributed by atoms with E-state index >= 15 is 0 Å². The quantitative estimate of drug-likeness (QED) is 0.192. The van der Waals surface area contributed by atoms with Gasteiger partial charge in [-0.15, -0.1) is 0 Å². The minimum atomic E-state index is -3.01. The zero-order chi connectivity index (χ0) is 28.1. The number of benzene rings is 3. The van der Waals surface area contributed by atoms with E-state index in [1.807, 2.05) is 42.5 Å². The molecule has 5 aromatic rings. The van der Waals surface area contributed by atoms with Crippen molar-refractivity contribution < 1.29 is 22.0 Å². The Balaban J connectivity index is 1.29. The summed E-state index contributed by atoms with van der Waals surface area (Å²) in [6.45, 7) is 0.997. The second kappa shape index (κ2) is 12.2. The van der Waals surface area contributed by atoms with E-state index < -0.39 is 9.84 Å². The van der Waals surface area contributed by atoms with Crippen molar-refractivity contribution in [3.63, 3.8) is 0 Å². The monoisotopic (exact) mass is 579 g/mol. The second-order valence-electron chi connectivity index (χ2n) is 9.49. The molecule has 0 saturated carbocycles. The number of hydrogen-bond donors (Lipinski definition) is 1. The molecule has 0 unspecified atom stereocenters. The molecule has 0 aliphatic heterocycles. The molecule has 0 atom stereocenters. The van der Waals surface area contributed by atoms with Crippen molar-refractivity contribution in [2.24, 2.45) is 0 Å². The number of hydrogen-bond acceptors (Lipinski definition) is 7. The first-order valence-corrected chi connectivity index (χ1v) is 15.0. The number of aromatic nitrogens is 2. The van der Waals surface area contributed by atoms with Crippen LogP contribution in [0.25, 0.3) is 22.2 Å². The van der Waals surface area contributed by atoms with Crippen LogP contribution in [0.4, 0.5) is 4.39 Å². The number of sulfone groups is 1. The van der Waals surface area contributed by atoms with E-state index in [2.05, 4.69) is 15.3 Å². The fraction of sp³-hybridized carbons (Fsp3) is 0.200. The largest absolute Gasteiger partial charge is 0.487 e. The van der Waals surface area contributed by atoms with Crippen molar-refractivity contribution in [1.29, 1.82) is 0 Å². The predicted octanol–water partition coefficient (Wildman–Crippen LogP) is 5.99. The van der Waals surface area contributed by atoms with Crippen LogP contribution in [0.3, 0.4) is 0 Å². The normalized spacial score (nSPS) is 11.7. The predicted molar refractivity (Wildman–Crippen MR) is 154 cm³/mol. The summed E-state index contributed by atoms with van der Waals surface area (Å²) < 4.78 is 47.8. The lowest BCUT2D eigenvalue weighted by molar-refractivity contribution is 0.305. The van der Waals surface area contributed by atoms with Gasteiger partial charge in [0.1, 0.15) is 45.9 Å². The van der Waals surface area contributed by atoms with Gasteiger partial charge in [0.15, 0.2) is 0 Å². The molecular formula is C30H27ClFN3O4S. The van der Waals surface area contributed by atoms with Crippen LogP contribution in [0.15, 0.2) is 83.5 Å². The Labute approximate surface area is 236 Å². The van der Waals surface area contributed by atoms with Gasteiger partial charge in [0.2, 0.25) is 0 Å². The minimum Gasteiger partial charge on any atom is -0.487 e. The van der Waals surface area contributed by atoms with Crippen molar-refractivity contribution in [3.8, 4) is 17.1 Å². The van der Waals surface area contributed by atoms with Crippen molar-refractivity contribution in [3.05, 3.63) is 113 Å². The summed E-state index contributed by atoms with van der Waals surface area (Å²) in [6.07, 6.45) is 3.29. The van der Waals surface area contributed by atoms with Crippen molar-refractivity contribution in [1.82, 2.24) is 15.3 Å². The molecule has 7 nitrogen and oxygen atoms in total. The molecule has 0 aliphatic carbocycles. The molecule has 40 heavy (non-hydrogen) atoms. The number of nitrogens with one attached hydrogen (secondary N) is 1. The van der Waals surface area contributed by atoms with Gasteiger partial charge >= 0.3 is 0 Å². The molecule has 0 fully saturated rings. The average Bonchev–Trinajstić information content (AvgIpc) is 3.39. The van der Waals surface area contributed by atoms with Gasteiger partial charge in [-0.1, -0.05) is 29.8 Å². The summed E-state index contributed by atoms with van der Waals surface area (Å²) in [4.78, 5) is 8.95. The molecule has 0 aliphatic rings. The van der Waals surface area contributed by atoms with E-state index in [0.717, 1.165) is 33.3 Å². The first kappa shape index (κ1) is 27.8. The smallest absolute Gasteiger partial charge is 0.148 e. The van der Waals surface area contributed by atoms with Gasteiger partial charge in [0.25, 0.3) is 0 Å². The molecule has 0 bridgehead atoms. The summed E-state index contributed by atoms with van der Waals surface area (Å²) in [5.74, 6) is 1.68. The van der Waals surface area contributed by atoms with Crippen LogP contribution < -0.4 is 10.1 Å². The van der Waals surface area contributed by atoms with E-state index in [9.17, 15) is 12.8 Å². The zero-order valence-corrected chi connectivity index (χ0v) is 23.3. The highest BCUT2D eigenvalue weighted by Crippen LogP contribution is 2.30. The van der Waals surface area contributed by atoms with Gasteiger partial charge in [-0.2, -0.15) is 0 Å². The lowest BCUT2D eigenvalue weighted by atomic mass is 10.0. The maximum atomic E-state index is 13.4. The topological polar surface area (TPSA) is 94.3 Å². The van der Waals surface area contributed by atoms with Gasteiger partial charge in [-0.05, 0) is 65.7 Å². The van der Waals surface area contributed by atoms with Gasteiger partial charge in [-0.25, -0.2) is 22.8 Å². The highest BCUT2D eigenvalue weighted by molar-refractivity contribution is 7.90. The third kappa shape index (κ3) is 7.24. The summed E-state index contributed by atoms with van der Waals surface area (Å²) in [6, 6.07) is 21.5. The number of fused-ring (bicyclic) bond motifs is 1. The molecule has 3 aromatic carbocycles. The Kier molecular flexibility index (Phi) is 8.44. The molecule has 0 saturated heterocycles. The Morgan fingerprint density at radius 2 is 1.88 bits per heavy atom. The van der Waals surface area contributed by atoms with E-state index in [-0.39, 0.29) is 18.2 Å². The maximum Gasteiger partial charge on any atom is 0.148 e. The number of halogens is 2. The molecular weight excluding hydrogens is 553 g/mol. The van der Waals surface area contributed by atoms with Crippen LogP contribution in [-0.2, 0) is 29.4 Å². The van der Waals surface area contributed by atoms with Gasteiger partial charge in [0, 0.05) is 30.2 Å². The fourth-order valence-electron chi connectivity index (χ4n) is 4.25. The van der Waals surface area contributed by atoms with Gasteiger partial charge < -0.3 is 14.5 Å².